The Morgan fingerprint density at radius 3 is 2.22 bits per heavy atom. The van der Waals surface area contributed by atoms with E-state index in [1.165, 1.54) is 31.4 Å². The molecule has 218 valence electrons. The second-order valence-electron chi connectivity index (χ2n) is 10.9. The van der Waals surface area contributed by atoms with E-state index in [1.54, 1.807) is 36.4 Å². The topological polar surface area (TPSA) is 18.5 Å². The lowest BCUT2D eigenvalue weighted by molar-refractivity contribution is 0.0000690. The van der Waals surface area contributed by atoms with Gasteiger partial charge in [-0.25, -0.2) is 8.78 Å². The summed E-state index contributed by atoms with van der Waals surface area (Å²) in [5, 5.41) is 0. The maximum absolute atomic E-state index is 15.2. The molecule has 2 nitrogen and oxygen atoms in total. The summed E-state index contributed by atoms with van der Waals surface area (Å²) in [5.41, 5.74) is 2.75. The first kappa shape index (κ1) is 30.7. The van der Waals surface area contributed by atoms with Gasteiger partial charge in [-0.15, -0.1) is 11.8 Å². The highest BCUT2D eigenvalue weighted by molar-refractivity contribution is 5.71. The number of hydrogen-bond donors (Lipinski definition) is 0. The van der Waals surface area contributed by atoms with Crippen molar-refractivity contribution in [2.45, 2.75) is 90.1 Å². The lowest BCUT2D eigenvalue weighted by Gasteiger charge is -2.29. The number of halogens is 3. The van der Waals surface area contributed by atoms with E-state index in [4.69, 9.17) is 9.47 Å². The summed E-state index contributed by atoms with van der Waals surface area (Å²) < 4.78 is 56.4. The Morgan fingerprint density at radius 1 is 0.829 bits per heavy atom. The standard InChI is InChI=1S/C36H41F3O2/c1-3-5-7-8-9-11-23-40-34-22-21-32(35(38)36(34)39)27-15-13-26(14-16-27)31-20-18-28(24-33(31)37)29-17-19-30(41-25-29)12-10-6-4-2/h13-16,18,20-22,24,29-30H,3,5,7-12,17,19,23,25H2,1-2H3. The first-order valence-corrected chi connectivity index (χ1v) is 15.0. The molecule has 1 aliphatic heterocycles. The van der Waals surface area contributed by atoms with Crippen molar-refractivity contribution in [1.82, 2.24) is 0 Å². The highest BCUT2D eigenvalue weighted by Gasteiger charge is 2.23. The predicted octanol–water partition coefficient (Wildman–Crippen LogP) is 10.2. The summed E-state index contributed by atoms with van der Waals surface area (Å²) in [4.78, 5) is 0. The highest BCUT2D eigenvalue weighted by Crippen LogP contribution is 2.34. The minimum Gasteiger partial charge on any atom is -0.490 e. The van der Waals surface area contributed by atoms with Crippen molar-refractivity contribution in [3.8, 4) is 39.8 Å². The van der Waals surface area contributed by atoms with Crippen LogP contribution in [0.25, 0.3) is 22.3 Å². The Hall–Kier alpha value is -3.23. The molecule has 1 aliphatic rings. The van der Waals surface area contributed by atoms with Gasteiger partial charge in [0.2, 0.25) is 5.82 Å². The van der Waals surface area contributed by atoms with Crippen molar-refractivity contribution < 1.29 is 22.6 Å². The second-order valence-corrected chi connectivity index (χ2v) is 10.9. The molecule has 4 rings (SSSR count). The average Bonchev–Trinajstić information content (AvgIpc) is 2.99. The van der Waals surface area contributed by atoms with Gasteiger partial charge in [-0.05, 0) is 67.5 Å². The van der Waals surface area contributed by atoms with Crippen LogP contribution in [0.1, 0.15) is 89.5 Å². The van der Waals surface area contributed by atoms with Crippen LogP contribution < -0.4 is 4.74 Å². The van der Waals surface area contributed by atoms with Crippen LogP contribution in [0.5, 0.6) is 5.75 Å². The van der Waals surface area contributed by atoms with E-state index in [-0.39, 0.29) is 29.2 Å². The summed E-state index contributed by atoms with van der Waals surface area (Å²) in [6, 6.07) is 15.2. The summed E-state index contributed by atoms with van der Waals surface area (Å²) >= 11 is 0. The molecular weight excluding hydrogens is 521 g/mol. The Kier molecular flexibility index (Phi) is 11.8. The van der Waals surface area contributed by atoms with Crippen LogP contribution in [-0.2, 0) is 4.74 Å². The molecule has 0 aromatic heterocycles. The number of ether oxygens (including phenoxy) is 2. The third kappa shape index (κ3) is 8.39. The van der Waals surface area contributed by atoms with Gasteiger partial charge in [0.25, 0.3) is 0 Å². The predicted molar refractivity (Wildman–Crippen MR) is 160 cm³/mol. The Bertz CT molecular complexity index is 1320. The number of rotatable bonds is 13. The minimum atomic E-state index is -0.980. The van der Waals surface area contributed by atoms with Crippen LogP contribution in [-0.4, -0.2) is 19.3 Å². The van der Waals surface area contributed by atoms with Gasteiger partial charge < -0.3 is 9.47 Å². The van der Waals surface area contributed by atoms with Gasteiger partial charge in [-0.2, -0.15) is 4.39 Å². The Balaban J connectivity index is 1.36. The molecule has 2 unspecified atom stereocenters. The molecule has 0 N–H and O–H groups in total. The minimum absolute atomic E-state index is 0.0664. The molecule has 2 atom stereocenters. The zero-order valence-electron chi connectivity index (χ0n) is 24.3. The van der Waals surface area contributed by atoms with Crippen molar-refractivity contribution in [3.63, 3.8) is 0 Å². The molecule has 0 spiro atoms. The van der Waals surface area contributed by atoms with Crippen LogP contribution in [0.2, 0.25) is 0 Å². The fourth-order valence-corrected chi connectivity index (χ4v) is 5.43. The molecule has 41 heavy (non-hydrogen) atoms. The van der Waals surface area contributed by atoms with Crippen LogP contribution in [0.15, 0.2) is 54.6 Å². The molecule has 0 radical (unpaired) electrons. The number of hydrogen-bond acceptors (Lipinski definition) is 2. The van der Waals surface area contributed by atoms with Crippen molar-refractivity contribution in [3.05, 3.63) is 77.6 Å². The highest BCUT2D eigenvalue weighted by atomic mass is 19.2. The fourth-order valence-electron chi connectivity index (χ4n) is 5.43. The van der Waals surface area contributed by atoms with Crippen LogP contribution in [0.4, 0.5) is 13.2 Å². The molecule has 0 bridgehead atoms. The summed E-state index contributed by atoms with van der Waals surface area (Å²) in [7, 11) is 0. The van der Waals surface area contributed by atoms with Gasteiger partial charge in [0.15, 0.2) is 11.6 Å². The molecule has 3 aromatic carbocycles. The molecular formula is C36H41F3O2. The van der Waals surface area contributed by atoms with Gasteiger partial charge in [-0.1, -0.05) is 75.4 Å². The lowest BCUT2D eigenvalue weighted by Crippen LogP contribution is -2.24. The van der Waals surface area contributed by atoms with E-state index >= 15 is 4.39 Å². The summed E-state index contributed by atoms with van der Waals surface area (Å²) in [6.45, 7) is 4.97. The quantitative estimate of drug-likeness (QED) is 0.152. The average molecular weight is 563 g/mol. The number of benzene rings is 3. The normalized spacial score (nSPS) is 16.7. The van der Waals surface area contributed by atoms with Crippen molar-refractivity contribution in [1.29, 1.82) is 0 Å². The van der Waals surface area contributed by atoms with Gasteiger partial charge in [0.05, 0.1) is 19.3 Å². The van der Waals surface area contributed by atoms with Crippen LogP contribution in [0, 0.1) is 29.3 Å². The molecule has 5 heteroatoms. The smallest absolute Gasteiger partial charge is 0.201 e. The van der Waals surface area contributed by atoms with Gasteiger partial charge in [0.1, 0.15) is 5.82 Å². The summed E-state index contributed by atoms with van der Waals surface area (Å²) in [5.74, 6) is 3.88. The second kappa shape index (κ2) is 15.7. The van der Waals surface area contributed by atoms with Crippen LogP contribution in [0.3, 0.4) is 0 Å². The van der Waals surface area contributed by atoms with Gasteiger partial charge >= 0.3 is 0 Å². The molecule has 0 aliphatic carbocycles. The zero-order chi connectivity index (χ0) is 29.0. The van der Waals surface area contributed by atoms with E-state index in [0.29, 0.717) is 29.9 Å². The lowest BCUT2D eigenvalue weighted by atomic mass is 9.89. The first-order chi connectivity index (χ1) is 20.0. The Labute approximate surface area is 243 Å². The first-order valence-electron chi connectivity index (χ1n) is 15.0. The fraction of sp³-hybridized carbons (Fsp3) is 0.444. The molecule has 1 fully saturated rings. The van der Waals surface area contributed by atoms with Gasteiger partial charge in [-0.3, -0.25) is 0 Å². The molecule has 3 aromatic rings. The maximum Gasteiger partial charge on any atom is 0.201 e. The van der Waals surface area contributed by atoms with E-state index < -0.39 is 11.6 Å². The van der Waals surface area contributed by atoms with Crippen LogP contribution >= 0.6 is 0 Å². The molecule has 0 saturated carbocycles. The largest absolute Gasteiger partial charge is 0.490 e. The SMILES string of the molecule is CC#CCCC1CCC(c2ccc(-c3ccc(-c4ccc(OCCCCCCCC)c(F)c4F)cc3)c(F)c2)CO1. The van der Waals surface area contributed by atoms with E-state index in [1.807, 2.05) is 13.0 Å². The molecule has 1 heterocycles. The van der Waals surface area contributed by atoms with Gasteiger partial charge in [0, 0.05) is 23.5 Å². The van der Waals surface area contributed by atoms with Crippen molar-refractivity contribution in [2.24, 2.45) is 0 Å². The monoisotopic (exact) mass is 562 g/mol. The third-order valence-corrected chi connectivity index (χ3v) is 7.91. The number of unbranched alkanes of at least 4 members (excludes halogenated alkanes) is 5. The third-order valence-electron chi connectivity index (χ3n) is 7.91. The van der Waals surface area contributed by atoms with Crippen molar-refractivity contribution >= 4 is 0 Å². The van der Waals surface area contributed by atoms with E-state index in [2.05, 4.69) is 18.8 Å². The zero-order valence-corrected chi connectivity index (χ0v) is 24.3. The molecule has 1 saturated heterocycles. The van der Waals surface area contributed by atoms with E-state index in [9.17, 15) is 8.78 Å². The molecule has 0 amide bonds. The summed E-state index contributed by atoms with van der Waals surface area (Å²) in [6.07, 6.45) is 10.5. The maximum atomic E-state index is 15.2. The van der Waals surface area contributed by atoms with E-state index in [0.717, 1.165) is 50.5 Å². The van der Waals surface area contributed by atoms with Crippen molar-refractivity contribution in [2.75, 3.05) is 13.2 Å². The Morgan fingerprint density at radius 2 is 1.54 bits per heavy atom.